The predicted molar refractivity (Wildman–Crippen MR) is 277 cm³/mol. The summed E-state index contributed by atoms with van der Waals surface area (Å²) in [6, 6.07) is 7.65. The average molecular weight is 958 g/mol. The highest BCUT2D eigenvalue weighted by Gasteiger charge is 2.73. The van der Waals surface area contributed by atoms with Crippen LogP contribution in [0.25, 0.3) is 11.0 Å². The van der Waals surface area contributed by atoms with Crippen molar-refractivity contribution < 1.29 is 29.3 Å². The number of nitrogens with zero attached hydrogens (tertiary/aromatic N) is 1. The smallest absolute Gasteiger partial charge is 0.160 e. The molecule has 2 aromatic heterocycles. The maximum absolute atomic E-state index is 15.6. The van der Waals surface area contributed by atoms with Gasteiger partial charge in [0.1, 0.15) is 11.9 Å². The van der Waals surface area contributed by atoms with E-state index in [2.05, 4.69) is 94.7 Å². The summed E-state index contributed by atoms with van der Waals surface area (Å²) >= 11 is 0. The monoisotopic (exact) mass is 958 g/mol. The van der Waals surface area contributed by atoms with Crippen LogP contribution in [0, 0.1) is 44.8 Å². The molecule has 0 amide bonds. The molecular formula is C61H87N3O6. The van der Waals surface area contributed by atoms with Crippen LogP contribution in [0.5, 0.6) is 0 Å². The molecule has 6 fully saturated rings. The van der Waals surface area contributed by atoms with Gasteiger partial charge in [-0.2, -0.15) is 0 Å². The lowest BCUT2D eigenvalue weighted by molar-refractivity contribution is -0.222. The van der Waals surface area contributed by atoms with Gasteiger partial charge in [0, 0.05) is 78.8 Å². The Bertz CT molecular complexity index is 2540. The van der Waals surface area contributed by atoms with Gasteiger partial charge in [-0.3, -0.25) is 9.59 Å². The van der Waals surface area contributed by atoms with Crippen molar-refractivity contribution >= 4 is 22.6 Å². The van der Waals surface area contributed by atoms with E-state index in [0.717, 1.165) is 83.1 Å². The number of aromatic amines is 1. The van der Waals surface area contributed by atoms with Gasteiger partial charge in [-0.15, -0.1) is 0 Å². The highest BCUT2D eigenvalue weighted by atomic mass is 16.6. The van der Waals surface area contributed by atoms with E-state index < -0.39 is 34.1 Å². The normalized spacial score (nSPS) is 38.1. The Balaban J connectivity index is 1.08. The number of hydrogen-bond acceptors (Lipinski definition) is 7. The third kappa shape index (κ3) is 7.43. The fraction of sp³-hybridized carbons (Fsp3) is 0.738. The summed E-state index contributed by atoms with van der Waals surface area (Å²) in [7, 11) is 1.98. The Hall–Kier alpha value is -3.08. The van der Waals surface area contributed by atoms with Gasteiger partial charge in [-0.1, -0.05) is 79.0 Å². The van der Waals surface area contributed by atoms with Crippen molar-refractivity contribution in [3.05, 3.63) is 69.1 Å². The Kier molecular flexibility index (Phi) is 12.3. The number of Topliss-reactive ketones (excluding diaryl/α,β-unsaturated/α-hetero) is 2. The molecule has 70 heavy (non-hydrogen) atoms. The van der Waals surface area contributed by atoms with E-state index >= 15 is 4.79 Å². The molecule has 11 unspecified atom stereocenters. The molecule has 9 nitrogen and oxygen atoms in total. The maximum atomic E-state index is 15.6. The van der Waals surface area contributed by atoms with Crippen molar-refractivity contribution in [3.63, 3.8) is 0 Å². The zero-order valence-corrected chi connectivity index (χ0v) is 44.5. The number of epoxide rings is 1. The van der Waals surface area contributed by atoms with Gasteiger partial charge in [0.2, 0.25) is 0 Å². The van der Waals surface area contributed by atoms with Crippen LogP contribution in [0.3, 0.4) is 0 Å². The zero-order chi connectivity index (χ0) is 49.3. The van der Waals surface area contributed by atoms with Crippen molar-refractivity contribution in [1.29, 1.82) is 0 Å². The first kappa shape index (κ1) is 49.1. The Morgan fingerprint density at radius 2 is 1.60 bits per heavy atom. The van der Waals surface area contributed by atoms with Crippen LogP contribution in [-0.4, -0.2) is 82.0 Å². The first-order valence-corrected chi connectivity index (χ1v) is 28.2. The van der Waals surface area contributed by atoms with Crippen LogP contribution in [-0.2, 0) is 44.9 Å². The van der Waals surface area contributed by atoms with Crippen molar-refractivity contribution in [3.8, 4) is 0 Å². The lowest BCUT2D eigenvalue weighted by Crippen LogP contribution is -2.68. The van der Waals surface area contributed by atoms with Crippen LogP contribution in [0.2, 0.25) is 0 Å². The minimum Gasteiger partial charge on any atom is -0.392 e. The number of allylic oxidation sites excluding steroid dienone is 1. The predicted octanol–water partition coefficient (Wildman–Crippen LogP) is 11.2. The molecule has 11 atom stereocenters. The second-order valence-electron chi connectivity index (χ2n) is 26.3. The van der Waals surface area contributed by atoms with E-state index in [9.17, 15) is 15.0 Å². The van der Waals surface area contributed by atoms with E-state index in [1.165, 1.54) is 82.2 Å². The number of ether oxygens (including phenoxy) is 2. The highest BCUT2D eigenvalue weighted by molar-refractivity contribution is 6.02. The van der Waals surface area contributed by atoms with E-state index in [1.54, 1.807) is 0 Å². The van der Waals surface area contributed by atoms with E-state index in [0.29, 0.717) is 49.8 Å². The number of aliphatic hydroxyl groups excluding tert-OH is 2. The van der Waals surface area contributed by atoms with Crippen molar-refractivity contribution in [1.82, 2.24) is 14.9 Å². The third-order valence-electron chi connectivity index (χ3n) is 22.1. The van der Waals surface area contributed by atoms with Gasteiger partial charge >= 0.3 is 0 Å². The molecule has 3 aromatic rings. The van der Waals surface area contributed by atoms with E-state index in [4.69, 9.17) is 9.47 Å². The summed E-state index contributed by atoms with van der Waals surface area (Å²) in [6.07, 6.45) is 17.0. The van der Waals surface area contributed by atoms with Gasteiger partial charge in [-0.05, 0) is 172 Å². The zero-order valence-electron chi connectivity index (χ0n) is 44.5. The van der Waals surface area contributed by atoms with Crippen LogP contribution < -0.4 is 5.32 Å². The van der Waals surface area contributed by atoms with Crippen LogP contribution in [0.1, 0.15) is 197 Å². The van der Waals surface area contributed by atoms with E-state index in [1.807, 2.05) is 7.05 Å². The summed E-state index contributed by atoms with van der Waals surface area (Å²) in [5, 5.41) is 29.5. The first-order valence-electron chi connectivity index (χ1n) is 28.2. The molecule has 1 aromatic carbocycles. The molecule has 8 aliphatic rings. The number of aromatic nitrogens is 2. The molecule has 11 rings (SSSR count). The number of H-pyrrole nitrogens is 1. The Morgan fingerprint density at radius 1 is 0.900 bits per heavy atom. The number of rotatable bonds is 11. The molecule has 0 radical (unpaired) electrons. The Labute approximate surface area is 419 Å². The summed E-state index contributed by atoms with van der Waals surface area (Å²) in [5.41, 5.74) is 10.1. The number of ketones is 2. The highest BCUT2D eigenvalue weighted by Crippen LogP contribution is 2.76. The second-order valence-corrected chi connectivity index (χ2v) is 26.3. The number of carbonyl (C=O) groups excluding carboxylic acids is 2. The molecular weight excluding hydrogens is 871 g/mol. The number of aliphatic hydroxyl groups is 2. The minimum absolute atomic E-state index is 0.112. The molecule has 3 aliphatic heterocycles. The molecule has 0 spiro atoms. The molecule has 9 heteroatoms. The van der Waals surface area contributed by atoms with Crippen molar-refractivity contribution in [2.45, 2.75) is 213 Å². The van der Waals surface area contributed by atoms with Crippen molar-refractivity contribution in [2.24, 2.45) is 44.8 Å². The van der Waals surface area contributed by atoms with Crippen LogP contribution in [0.4, 0.5) is 0 Å². The number of hydrogen-bond donors (Lipinski definition) is 4. The minimum atomic E-state index is -0.731. The topological polar surface area (TPSA) is 129 Å². The lowest BCUT2D eigenvalue weighted by Gasteiger charge is -2.70. The first-order chi connectivity index (χ1) is 33.3. The molecule has 4 N–H and O–H groups in total. The number of fused-ring (bicyclic) bond motifs is 4. The molecule has 0 bridgehead atoms. The summed E-state index contributed by atoms with van der Waals surface area (Å²) in [5.74, 6) is 1.41. The SMILES string of the molecule is CCc1c(Cc2cc(C3CCCCC3)cc(C3CCOCC3)c2)c2[nH]cc3c2n1CC1C2=C(C(=O)CC2(C)C2(C)CCC4C(C)(CCNC)C(=O)CCC4(C)C2C1O)C(C)(CC(O)C1OC1(C)C)CC3. The Morgan fingerprint density at radius 3 is 2.27 bits per heavy atom. The summed E-state index contributed by atoms with van der Waals surface area (Å²) in [4.78, 5) is 33.7. The maximum Gasteiger partial charge on any atom is 0.160 e. The molecule has 382 valence electrons. The average Bonchev–Trinajstić information content (AvgIpc) is 3.54. The number of aryl methyl sites for hydroxylation is 1. The van der Waals surface area contributed by atoms with Crippen LogP contribution >= 0.6 is 0 Å². The van der Waals surface area contributed by atoms with E-state index in [-0.39, 0.29) is 40.5 Å². The fourth-order valence-corrected chi connectivity index (χ4v) is 18.3. The lowest BCUT2D eigenvalue weighted by atomic mass is 9.34. The summed E-state index contributed by atoms with van der Waals surface area (Å²) < 4.78 is 14.6. The standard InChI is InChI=1S/C61H87N3O6/c1-10-44-42(30-36-28-40(37-14-12-11-13-15-37)31-41(29-36)38-19-26-69-27-20-38)51-52-39(34-63-51)16-21-57(4,32-46(66)55-56(2,3)70-55)50-45(65)33-61(8)49(50)43(35-64(44)52)53(68)54-59(6)22-18-48(67)58(5,24-25-62-9)47(59)17-23-60(54,61)7/h28-29,31,34,37-38,43,46-47,53-55,62-63,66,68H,10-27,30,32-33,35H2,1-9H3. The number of carbonyl (C=O) groups is 2. The molecule has 5 aliphatic carbocycles. The van der Waals surface area contributed by atoms with Gasteiger partial charge < -0.3 is 34.6 Å². The third-order valence-corrected chi connectivity index (χ3v) is 22.1. The summed E-state index contributed by atoms with van der Waals surface area (Å²) in [6.45, 7) is 21.2. The molecule has 5 heterocycles. The van der Waals surface area contributed by atoms with Crippen molar-refractivity contribution in [2.75, 3.05) is 26.8 Å². The molecule has 4 saturated carbocycles. The van der Waals surface area contributed by atoms with Gasteiger partial charge in [-0.25, -0.2) is 0 Å². The van der Waals surface area contributed by atoms with Crippen LogP contribution in [0.15, 0.2) is 35.5 Å². The second kappa shape index (κ2) is 17.5. The number of benzene rings is 1. The van der Waals surface area contributed by atoms with Gasteiger partial charge in [0.15, 0.2) is 5.78 Å². The quantitative estimate of drug-likeness (QED) is 0.141. The number of nitrogens with one attached hydrogen (secondary N) is 2. The fourth-order valence-electron chi connectivity index (χ4n) is 18.3. The molecule has 2 saturated heterocycles. The van der Waals surface area contributed by atoms with Gasteiger partial charge in [0.05, 0.1) is 28.8 Å². The van der Waals surface area contributed by atoms with Gasteiger partial charge in [0.25, 0.3) is 0 Å². The largest absolute Gasteiger partial charge is 0.392 e.